The van der Waals surface area contributed by atoms with Gasteiger partial charge in [-0.1, -0.05) is 65.1 Å². The van der Waals surface area contributed by atoms with Gasteiger partial charge in [0.1, 0.15) is 0 Å². The van der Waals surface area contributed by atoms with E-state index in [-0.39, 0.29) is 10.9 Å². The SMILES string of the molecule is O=C1Nc2c(cc(Cl)c(Cl)c2Cl)C12CCN(Cc1ccccc1)C2. The zero-order chi connectivity index (χ0) is 16.9. The van der Waals surface area contributed by atoms with Gasteiger partial charge in [0.05, 0.1) is 26.2 Å². The van der Waals surface area contributed by atoms with Crippen LogP contribution in [0, 0.1) is 0 Å². The van der Waals surface area contributed by atoms with Gasteiger partial charge in [-0.2, -0.15) is 0 Å². The molecule has 4 rings (SSSR count). The third kappa shape index (κ3) is 2.42. The Labute approximate surface area is 155 Å². The second-order valence-corrected chi connectivity index (χ2v) is 7.55. The molecule has 2 heterocycles. The number of fused-ring (bicyclic) bond motifs is 2. The number of carbonyl (C=O) groups excluding carboxylic acids is 1. The summed E-state index contributed by atoms with van der Waals surface area (Å²) in [7, 11) is 0. The average molecular weight is 382 g/mol. The molecule has 6 heteroatoms. The van der Waals surface area contributed by atoms with E-state index in [2.05, 4.69) is 22.3 Å². The molecule has 2 aromatic rings. The Morgan fingerprint density at radius 2 is 1.88 bits per heavy atom. The first-order valence-corrected chi connectivity index (χ1v) is 8.90. The highest BCUT2D eigenvalue weighted by atomic mass is 35.5. The van der Waals surface area contributed by atoms with Crippen molar-refractivity contribution in [2.75, 3.05) is 18.4 Å². The largest absolute Gasteiger partial charge is 0.324 e. The standard InChI is InChI=1S/C18H15Cl3N2O/c19-13-8-12-16(15(21)14(13)20)22-17(24)18(12)6-7-23(10-18)9-11-4-2-1-3-5-11/h1-5,8H,6-7,9-10H2,(H,22,24). The maximum Gasteiger partial charge on any atom is 0.236 e. The van der Waals surface area contributed by atoms with Crippen LogP contribution in [0.5, 0.6) is 0 Å². The van der Waals surface area contributed by atoms with Gasteiger partial charge in [0, 0.05) is 13.1 Å². The van der Waals surface area contributed by atoms with Crippen LogP contribution in [0.1, 0.15) is 17.5 Å². The summed E-state index contributed by atoms with van der Waals surface area (Å²) in [5.74, 6) is -0.0201. The number of amides is 1. The van der Waals surface area contributed by atoms with Crippen molar-refractivity contribution in [1.29, 1.82) is 0 Å². The lowest BCUT2D eigenvalue weighted by Crippen LogP contribution is -2.37. The number of likely N-dealkylation sites (tertiary alicyclic amines) is 1. The molecule has 1 fully saturated rings. The van der Waals surface area contributed by atoms with E-state index in [1.165, 1.54) is 5.56 Å². The van der Waals surface area contributed by atoms with E-state index in [4.69, 9.17) is 34.8 Å². The fourth-order valence-corrected chi connectivity index (χ4v) is 4.37. The smallest absolute Gasteiger partial charge is 0.236 e. The van der Waals surface area contributed by atoms with Gasteiger partial charge in [-0.3, -0.25) is 9.69 Å². The van der Waals surface area contributed by atoms with Crippen molar-refractivity contribution in [2.24, 2.45) is 0 Å². The molecule has 0 aromatic heterocycles. The highest BCUT2D eigenvalue weighted by molar-refractivity contribution is 6.49. The predicted octanol–water partition coefficient (Wildman–Crippen LogP) is 4.74. The number of rotatable bonds is 2. The first-order chi connectivity index (χ1) is 11.5. The summed E-state index contributed by atoms with van der Waals surface area (Å²) in [5.41, 5.74) is 2.11. The van der Waals surface area contributed by atoms with Crippen molar-refractivity contribution in [2.45, 2.75) is 18.4 Å². The maximum atomic E-state index is 12.7. The van der Waals surface area contributed by atoms with Crippen LogP contribution in [-0.2, 0) is 16.8 Å². The Bertz CT molecular complexity index is 825. The van der Waals surface area contributed by atoms with E-state index in [1.54, 1.807) is 6.07 Å². The minimum absolute atomic E-state index is 0.0201. The lowest BCUT2D eigenvalue weighted by Gasteiger charge is -2.23. The summed E-state index contributed by atoms with van der Waals surface area (Å²) < 4.78 is 0. The van der Waals surface area contributed by atoms with E-state index >= 15 is 0 Å². The van der Waals surface area contributed by atoms with E-state index in [1.807, 2.05) is 18.2 Å². The molecule has 0 saturated carbocycles. The van der Waals surface area contributed by atoms with E-state index in [0.717, 1.165) is 25.1 Å². The Balaban J connectivity index is 1.67. The summed E-state index contributed by atoms with van der Waals surface area (Å²) in [4.78, 5) is 15.0. The lowest BCUT2D eigenvalue weighted by molar-refractivity contribution is -0.120. The summed E-state index contributed by atoms with van der Waals surface area (Å²) in [6.45, 7) is 2.31. The zero-order valence-corrected chi connectivity index (χ0v) is 15.0. The monoisotopic (exact) mass is 380 g/mol. The molecule has 1 saturated heterocycles. The summed E-state index contributed by atoms with van der Waals surface area (Å²) in [5, 5.41) is 3.91. The number of benzene rings is 2. The third-order valence-corrected chi connectivity index (χ3v) is 6.21. The van der Waals surface area contributed by atoms with E-state index < -0.39 is 5.41 Å². The van der Waals surface area contributed by atoms with Gasteiger partial charge in [0.2, 0.25) is 5.91 Å². The van der Waals surface area contributed by atoms with Crippen LogP contribution in [-0.4, -0.2) is 23.9 Å². The number of nitrogens with zero attached hydrogens (tertiary/aromatic N) is 1. The third-order valence-electron chi connectivity index (χ3n) is 4.95. The van der Waals surface area contributed by atoms with E-state index in [0.29, 0.717) is 22.3 Å². The maximum absolute atomic E-state index is 12.7. The highest BCUT2D eigenvalue weighted by Gasteiger charge is 2.52. The van der Waals surface area contributed by atoms with Crippen molar-refractivity contribution in [1.82, 2.24) is 4.90 Å². The van der Waals surface area contributed by atoms with Crippen LogP contribution in [0.3, 0.4) is 0 Å². The van der Waals surface area contributed by atoms with Gasteiger partial charge >= 0.3 is 0 Å². The minimum atomic E-state index is -0.595. The van der Waals surface area contributed by atoms with Crippen molar-refractivity contribution < 1.29 is 4.79 Å². The van der Waals surface area contributed by atoms with Gasteiger partial charge < -0.3 is 5.32 Å². The Hall–Kier alpha value is -1.26. The molecule has 1 N–H and O–H groups in total. The highest BCUT2D eigenvalue weighted by Crippen LogP contribution is 2.50. The quantitative estimate of drug-likeness (QED) is 0.762. The molecule has 2 aliphatic rings. The van der Waals surface area contributed by atoms with Gasteiger partial charge in [-0.05, 0) is 30.2 Å². The van der Waals surface area contributed by atoms with Crippen molar-refractivity contribution in [3.8, 4) is 0 Å². The van der Waals surface area contributed by atoms with Crippen LogP contribution in [0.4, 0.5) is 5.69 Å². The number of hydrogen-bond acceptors (Lipinski definition) is 2. The van der Waals surface area contributed by atoms with Crippen molar-refractivity contribution in [3.05, 3.63) is 62.6 Å². The molecule has 0 radical (unpaired) electrons. The molecule has 2 aliphatic heterocycles. The van der Waals surface area contributed by atoms with Gasteiger partial charge in [-0.15, -0.1) is 0 Å². The summed E-state index contributed by atoms with van der Waals surface area (Å²) >= 11 is 18.6. The second-order valence-electron chi connectivity index (χ2n) is 6.39. The molecular weight excluding hydrogens is 367 g/mol. The molecule has 1 spiro atoms. The van der Waals surface area contributed by atoms with Crippen LogP contribution in [0.2, 0.25) is 15.1 Å². The first-order valence-electron chi connectivity index (χ1n) is 7.77. The predicted molar refractivity (Wildman–Crippen MR) is 98.1 cm³/mol. The molecule has 2 aromatic carbocycles. The second kappa shape index (κ2) is 5.92. The fraction of sp³-hybridized carbons (Fsp3) is 0.278. The van der Waals surface area contributed by atoms with Crippen molar-refractivity contribution >= 4 is 46.4 Å². The molecular formula is C18H15Cl3N2O. The van der Waals surface area contributed by atoms with Crippen LogP contribution in [0.15, 0.2) is 36.4 Å². The lowest BCUT2D eigenvalue weighted by atomic mass is 9.81. The molecule has 1 unspecified atom stereocenters. The Morgan fingerprint density at radius 3 is 2.62 bits per heavy atom. The number of nitrogens with one attached hydrogen (secondary N) is 1. The molecule has 1 atom stereocenters. The molecule has 24 heavy (non-hydrogen) atoms. The first kappa shape index (κ1) is 16.2. The Morgan fingerprint density at radius 1 is 1.12 bits per heavy atom. The van der Waals surface area contributed by atoms with Gasteiger partial charge in [0.15, 0.2) is 0 Å². The molecule has 124 valence electrons. The van der Waals surface area contributed by atoms with Gasteiger partial charge in [-0.25, -0.2) is 0 Å². The normalized spacial score (nSPS) is 22.9. The molecule has 0 bridgehead atoms. The van der Waals surface area contributed by atoms with Gasteiger partial charge in [0.25, 0.3) is 0 Å². The molecule has 1 amide bonds. The topological polar surface area (TPSA) is 32.3 Å². The summed E-state index contributed by atoms with van der Waals surface area (Å²) in [6, 6.07) is 12.0. The number of halogens is 3. The minimum Gasteiger partial charge on any atom is -0.324 e. The molecule has 3 nitrogen and oxygen atoms in total. The fourth-order valence-electron chi connectivity index (χ4n) is 3.72. The number of anilines is 1. The van der Waals surface area contributed by atoms with Crippen LogP contribution < -0.4 is 5.32 Å². The Kier molecular flexibility index (Phi) is 4.00. The van der Waals surface area contributed by atoms with Crippen LogP contribution >= 0.6 is 34.8 Å². The average Bonchev–Trinajstić information content (AvgIpc) is 3.11. The summed E-state index contributed by atoms with van der Waals surface area (Å²) in [6.07, 6.45) is 0.743. The zero-order valence-electron chi connectivity index (χ0n) is 12.8. The van der Waals surface area contributed by atoms with E-state index in [9.17, 15) is 4.79 Å². The van der Waals surface area contributed by atoms with Crippen LogP contribution in [0.25, 0.3) is 0 Å². The number of hydrogen-bond donors (Lipinski definition) is 1. The molecule has 0 aliphatic carbocycles. The number of carbonyl (C=O) groups is 1. The van der Waals surface area contributed by atoms with Crippen molar-refractivity contribution in [3.63, 3.8) is 0 Å².